The van der Waals surface area contributed by atoms with Gasteiger partial charge in [-0.05, 0) is 42.3 Å². The van der Waals surface area contributed by atoms with Crippen LogP contribution in [-0.4, -0.2) is 64.2 Å². The van der Waals surface area contributed by atoms with Crippen molar-refractivity contribution in [1.82, 2.24) is 15.5 Å². The van der Waals surface area contributed by atoms with Crippen molar-refractivity contribution in [2.75, 3.05) is 47.5 Å². The van der Waals surface area contributed by atoms with Gasteiger partial charge in [-0.1, -0.05) is 36.4 Å². The van der Waals surface area contributed by atoms with Crippen molar-refractivity contribution in [2.45, 2.75) is 18.9 Å². The number of carbonyl (C=O) groups excluding carboxylic acids is 2. The fraction of sp³-hybridized carbons (Fsp3) is 0.440. The number of benzene rings is 2. The van der Waals surface area contributed by atoms with Crippen LogP contribution in [-0.2, 0) is 27.3 Å². The van der Waals surface area contributed by atoms with E-state index in [0.717, 1.165) is 42.0 Å². The zero-order chi connectivity index (χ0) is 22.9. The first-order valence-electron chi connectivity index (χ1n) is 10.9. The van der Waals surface area contributed by atoms with Gasteiger partial charge in [0.05, 0.1) is 13.0 Å². The van der Waals surface area contributed by atoms with Gasteiger partial charge in [-0.25, -0.2) is 0 Å². The van der Waals surface area contributed by atoms with Gasteiger partial charge in [-0.3, -0.25) is 9.59 Å². The summed E-state index contributed by atoms with van der Waals surface area (Å²) in [4.78, 5) is 26.9. The van der Waals surface area contributed by atoms with Crippen LogP contribution in [0.1, 0.15) is 22.6 Å². The molecule has 172 valence electrons. The highest BCUT2D eigenvalue weighted by Crippen LogP contribution is 2.32. The van der Waals surface area contributed by atoms with Crippen LogP contribution in [0.4, 0.5) is 0 Å². The lowest BCUT2D eigenvalue weighted by atomic mass is 9.87. The highest BCUT2D eigenvalue weighted by Gasteiger charge is 2.36. The molecule has 0 spiro atoms. The molecule has 2 aromatic carbocycles. The van der Waals surface area contributed by atoms with Crippen LogP contribution < -0.4 is 15.4 Å². The largest absolute Gasteiger partial charge is 0.497 e. The van der Waals surface area contributed by atoms with Crippen LogP contribution in [0.15, 0.2) is 48.5 Å². The Morgan fingerprint density at radius 3 is 2.53 bits per heavy atom. The molecule has 1 aliphatic heterocycles. The van der Waals surface area contributed by atoms with Gasteiger partial charge < -0.3 is 25.0 Å². The number of carbonyl (C=O) groups is 2. The zero-order valence-corrected chi connectivity index (χ0v) is 19.1. The average molecular weight is 440 g/mol. The van der Waals surface area contributed by atoms with Crippen LogP contribution >= 0.6 is 0 Å². The van der Waals surface area contributed by atoms with Crippen LogP contribution in [0.25, 0.3) is 0 Å². The van der Waals surface area contributed by atoms with Gasteiger partial charge >= 0.3 is 0 Å². The fourth-order valence-corrected chi connectivity index (χ4v) is 4.17. The Morgan fingerprint density at radius 2 is 1.81 bits per heavy atom. The molecule has 0 saturated carbocycles. The highest BCUT2D eigenvalue weighted by molar-refractivity contribution is 5.80. The van der Waals surface area contributed by atoms with E-state index in [2.05, 4.69) is 27.7 Å². The molecule has 1 aliphatic rings. The van der Waals surface area contributed by atoms with Crippen molar-refractivity contribution in [2.24, 2.45) is 5.92 Å². The molecule has 0 unspecified atom stereocenters. The van der Waals surface area contributed by atoms with E-state index >= 15 is 0 Å². The third-order valence-corrected chi connectivity index (χ3v) is 5.86. The standard InChI is InChI=1S/C25H33N3O4/c1-28-15-22(20-6-4-5-19(13-20)14-27-24(29)17-31-2)23(16-28)25(30)26-12-11-18-7-9-21(32-3)10-8-18/h4-10,13,22-23H,11-12,14-17H2,1-3H3,(H,26,30)(H,27,29)/t22-,23-/m0/s1. The van der Waals surface area contributed by atoms with Crippen molar-refractivity contribution in [3.63, 3.8) is 0 Å². The molecule has 2 N–H and O–H groups in total. The predicted octanol–water partition coefficient (Wildman–Crippen LogP) is 1.96. The first-order valence-corrected chi connectivity index (χ1v) is 10.9. The minimum Gasteiger partial charge on any atom is -0.497 e. The molecule has 0 aromatic heterocycles. The van der Waals surface area contributed by atoms with Crippen molar-refractivity contribution < 1.29 is 19.1 Å². The monoisotopic (exact) mass is 439 g/mol. The first-order chi connectivity index (χ1) is 15.5. The number of nitrogens with zero attached hydrogens (tertiary/aromatic N) is 1. The molecule has 32 heavy (non-hydrogen) atoms. The summed E-state index contributed by atoms with van der Waals surface area (Å²) in [7, 11) is 5.20. The number of likely N-dealkylation sites (N-methyl/N-ethyl adjacent to an activating group) is 1. The van der Waals surface area contributed by atoms with Crippen LogP contribution in [0.2, 0.25) is 0 Å². The molecule has 3 rings (SSSR count). The molecular formula is C25H33N3O4. The number of nitrogens with one attached hydrogen (secondary N) is 2. The Labute approximate surface area is 190 Å². The molecule has 1 saturated heterocycles. The van der Waals surface area contributed by atoms with Crippen molar-refractivity contribution in [3.05, 3.63) is 65.2 Å². The lowest BCUT2D eigenvalue weighted by Crippen LogP contribution is -2.35. The number of likely N-dealkylation sites (tertiary alicyclic amines) is 1. The van der Waals surface area contributed by atoms with Crippen molar-refractivity contribution in [1.29, 1.82) is 0 Å². The third kappa shape index (κ3) is 6.55. The molecule has 2 amide bonds. The lowest BCUT2D eigenvalue weighted by molar-refractivity contribution is -0.125. The highest BCUT2D eigenvalue weighted by atomic mass is 16.5. The Kier molecular flexibility index (Phi) is 8.64. The maximum absolute atomic E-state index is 13.0. The zero-order valence-electron chi connectivity index (χ0n) is 19.1. The molecule has 1 heterocycles. The number of ether oxygens (including phenoxy) is 2. The number of rotatable bonds is 10. The Bertz CT molecular complexity index is 900. The molecule has 2 atom stereocenters. The number of hydrogen-bond donors (Lipinski definition) is 2. The third-order valence-electron chi connectivity index (χ3n) is 5.86. The van der Waals surface area contributed by atoms with E-state index in [4.69, 9.17) is 9.47 Å². The molecule has 7 nitrogen and oxygen atoms in total. The maximum Gasteiger partial charge on any atom is 0.246 e. The minimum atomic E-state index is -0.146. The SMILES string of the molecule is COCC(=O)NCc1cccc([C@@H]2CN(C)C[C@@H]2C(=O)NCCc2ccc(OC)cc2)c1. The van der Waals surface area contributed by atoms with E-state index in [1.54, 1.807) is 7.11 Å². The van der Waals surface area contributed by atoms with E-state index in [1.807, 2.05) is 43.4 Å². The van der Waals surface area contributed by atoms with E-state index < -0.39 is 0 Å². The summed E-state index contributed by atoms with van der Waals surface area (Å²) in [6.07, 6.45) is 0.777. The quantitative estimate of drug-likeness (QED) is 0.592. The molecular weight excluding hydrogens is 406 g/mol. The second-order valence-corrected chi connectivity index (χ2v) is 8.28. The Morgan fingerprint density at radius 1 is 1.03 bits per heavy atom. The van der Waals surface area contributed by atoms with Crippen LogP contribution in [0.5, 0.6) is 5.75 Å². The van der Waals surface area contributed by atoms with Gasteiger partial charge in [-0.2, -0.15) is 0 Å². The Balaban J connectivity index is 1.58. The molecule has 1 fully saturated rings. The second-order valence-electron chi connectivity index (χ2n) is 8.28. The molecule has 0 aliphatic carbocycles. The van der Waals surface area contributed by atoms with Gasteiger partial charge in [0, 0.05) is 39.2 Å². The van der Waals surface area contributed by atoms with E-state index in [-0.39, 0.29) is 30.3 Å². The van der Waals surface area contributed by atoms with Crippen LogP contribution in [0, 0.1) is 5.92 Å². The van der Waals surface area contributed by atoms with E-state index in [9.17, 15) is 9.59 Å². The summed E-state index contributed by atoms with van der Waals surface area (Å²) >= 11 is 0. The summed E-state index contributed by atoms with van der Waals surface area (Å²) in [5.41, 5.74) is 3.30. The lowest BCUT2D eigenvalue weighted by Gasteiger charge is -2.19. The molecule has 7 heteroatoms. The number of hydrogen-bond acceptors (Lipinski definition) is 5. The first kappa shape index (κ1) is 23.8. The fourth-order valence-electron chi connectivity index (χ4n) is 4.17. The van der Waals surface area contributed by atoms with Gasteiger partial charge in [-0.15, -0.1) is 0 Å². The summed E-state index contributed by atoms with van der Waals surface area (Å²) in [5.74, 6) is 0.791. The Hall–Kier alpha value is -2.90. The minimum absolute atomic E-state index is 0.0475. The van der Waals surface area contributed by atoms with E-state index in [0.29, 0.717) is 13.1 Å². The number of methoxy groups -OCH3 is 2. The van der Waals surface area contributed by atoms with Gasteiger partial charge in [0.2, 0.25) is 11.8 Å². The smallest absolute Gasteiger partial charge is 0.246 e. The maximum atomic E-state index is 13.0. The van der Waals surface area contributed by atoms with E-state index in [1.165, 1.54) is 7.11 Å². The van der Waals surface area contributed by atoms with Crippen molar-refractivity contribution >= 4 is 11.8 Å². The summed E-state index contributed by atoms with van der Waals surface area (Å²) in [5, 5.41) is 5.97. The predicted molar refractivity (Wildman–Crippen MR) is 124 cm³/mol. The van der Waals surface area contributed by atoms with Gasteiger partial charge in [0.25, 0.3) is 0 Å². The summed E-state index contributed by atoms with van der Waals surface area (Å²) in [6.45, 7) is 2.65. The molecule has 2 aromatic rings. The van der Waals surface area contributed by atoms with Crippen LogP contribution in [0.3, 0.4) is 0 Å². The molecule has 0 radical (unpaired) electrons. The average Bonchev–Trinajstić information content (AvgIpc) is 3.20. The number of amides is 2. The normalized spacial score (nSPS) is 18.3. The van der Waals surface area contributed by atoms with Gasteiger partial charge in [0.15, 0.2) is 0 Å². The topological polar surface area (TPSA) is 79.9 Å². The summed E-state index contributed by atoms with van der Waals surface area (Å²) in [6, 6.07) is 16.1. The van der Waals surface area contributed by atoms with Crippen molar-refractivity contribution in [3.8, 4) is 5.75 Å². The summed E-state index contributed by atoms with van der Waals surface area (Å²) < 4.78 is 10.0. The second kappa shape index (κ2) is 11.6. The van der Waals surface area contributed by atoms with Gasteiger partial charge in [0.1, 0.15) is 12.4 Å². The molecule has 0 bridgehead atoms.